The maximum Gasteiger partial charge on any atom is 0.231 e. The number of nitrogens with one attached hydrogen (secondary N) is 1. The first-order valence-electron chi connectivity index (χ1n) is 9.01. The SMILES string of the molecule is COC[C@H](C)N1C[C@H](C(=O)Nc2nnc(C3CCCCC3)s2)CC1=O. The number of anilines is 1. The van der Waals surface area contributed by atoms with Gasteiger partial charge in [0.2, 0.25) is 16.9 Å². The van der Waals surface area contributed by atoms with E-state index in [2.05, 4.69) is 15.5 Å². The highest BCUT2D eigenvalue weighted by molar-refractivity contribution is 7.15. The Balaban J connectivity index is 1.56. The van der Waals surface area contributed by atoms with Crippen LogP contribution in [0.15, 0.2) is 0 Å². The van der Waals surface area contributed by atoms with Gasteiger partial charge in [-0.05, 0) is 19.8 Å². The Morgan fingerprint density at radius 1 is 1.36 bits per heavy atom. The van der Waals surface area contributed by atoms with Crippen LogP contribution in [0.25, 0.3) is 0 Å². The monoisotopic (exact) mass is 366 g/mol. The van der Waals surface area contributed by atoms with Crippen LogP contribution in [-0.2, 0) is 14.3 Å². The molecule has 1 N–H and O–H groups in total. The summed E-state index contributed by atoms with van der Waals surface area (Å²) in [5.74, 6) is 0.000788. The summed E-state index contributed by atoms with van der Waals surface area (Å²) in [5.41, 5.74) is 0. The summed E-state index contributed by atoms with van der Waals surface area (Å²) in [7, 11) is 1.61. The Bertz CT molecular complexity index is 615. The third-order valence-electron chi connectivity index (χ3n) is 5.09. The van der Waals surface area contributed by atoms with E-state index >= 15 is 0 Å². The smallest absolute Gasteiger partial charge is 0.231 e. The zero-order chi connectivity index (χ0) is 17.8. The van der Waals surface area contributed by atoms with E-state index in [0.29, 0.717) is 24.2 Å². The maximum absolute atomic E-state index is 12.5. The van der Waals surface area contributed by atoms with E-state index in [1.807, 2.05) is 6.92 Å². The summed E-state index contributed by atoms with van der Waals surface area (Å²) < 4.78 is 5.11. The summed E-state index contributed by atoms with van der Waals surface area (Å²) in [6.45, 7) is 2.84. The number of hydrogen-bond acceptors (Lipinski definition) is 6. The van der Waals surface area contributed by atoms with Crippen LogP contribution in [0.1, 0.15) is 56.4 Å². The van der Waals surface area contributed by atoms with Gasteiger partial charge in [-0.15, -0.1) is 10.2 Å². The molecule has 1 saturated heterocycles. The molecule has 2 amide bonds. The standard InChI is InChI=1S/C17H26N4O3S/c1-11(10-24-2)21-9-13(8-14(21)22)15(23)18-17-20-19-16(25-17)12-6-4-3-5-7-12/h11-13H,3-10H2,1-2H3,(H,18,20,23)/t11-,13+/m0/s1. The van der Waals surface area contributed by atoms with Crippen molar-refractivity contribution in [2.75, 3.05) is 25.6 Å². The van der Waals surface area contributed by atoms with Crippen molar-refractivity contribution in [1.29, 1.82) is 0 Å². The molecule has 0 spiro atoms. The molecular formula is C17H26N4O3S. The van der Waals surface area contributed by atoms with Gasteiger partial charge >= 0.3 is 0 Å². The highest BCUT2D eigenvalue weighted by atomic mass is 32.1. The summed E-state index contributed by atoms with van der Waals surface area (Å²) in [5, 5.41) is 12.8. The molecule has 0 radical (unpaired) electrons. The quantitative estimate of drug-likeness (QED) is 0.836. The number of methoxy groups -OCH3 is 1. The predicted molar refractivity (Wildman–Crippen MR) is 95.5 cm³/mol. The number of aromatic nitrogens is 2. The van der Waals surface area contributed by atoms with Crippen LogP contribution in [0.3, 0.4) is 0 Å². The van der Waals surface area contributed by atoms with Crippen molar-refractivity contribution in [1.82, 2.24) is 15.1 Å². The van der Waals surface area contributed by atoms with Gasteiger partial charge in [-0.2, -0.15) is 0 Å². The van der Waals surface area contributed by atoms with Gasteiger partial charge in [-0.1, -0.05) is 30.6 Å². The van der Waals surface area contributed by atoms with Gasteiger partial charge in [0.05, 0.1) is 18.6 Å². The van der Waals surface area contributed by atoms with Crippen LogP contribution < -0.4 is 5.32 Å². The minimum Gasteiger partial charge on any atom is -0.383 e. The molecule has 7 nitrogen and oxygen atoms in total. The van der Waals surface area contributed by atoms with Gasteiger partial charge in [0, 0.05) is 26.0 Å². The van der Waals surface area contributed by atoms with Crippen LogP contribution in [0.2, 0.25) is 0 Å². The van der Waals surface area contributed by atoms with Crippen LogP contribution in [-0.4, -0.2) is 53.2 Å². The van der Waals surface area contributed by atoms with Gasteiger partial charge in [-0.25, -0.2) is 0 Å². The molecule has 2 atom stereocenters. The van der Waals surface area contributed by atoms with Crippen molar-refractivity contribution in [3.05, 3.63) is 5.01 Å². The number of rotatable bonds is 6. The largest absolute Gasteiger partial charge is 0.383 e. The van der Waals surface area contributed by atoms with Crippen molar-refractivity contribution in [2.45, 2.75) is 57.4 Å². The van der Waals surface area contributed by atoms with Crippen molar-refractivity contribution in [3.63, 3.8) is 0 Å². The average molecular weight is 366 g/mol. The Morgan fingerprint density at radius 2 is 2.12 bits per heavy atom. The minimum absolute atomic E-state index is 0.00450. The Hall–Kier alpha value is -1.54. The third-order valence-corrected chi connectivity index (χ3v) is 6.10. The number of carbonyl (C=O) groups excluding carboxylic acids is 2. The minimum atomic E-state index is -0.339. The second kappa shape index (κ2) is 8.23. The fourth-order valence-electron chi connectivity index (χ4n) is 3.67. The van der Waals surface area contributed by atoms with Crippen LogP contribution in [0.5, 0.6) is 0 Å². The molecule has 1 aliphatic carbocycles. The molecule has 2 fully saturated rings. The first-order valence-corrected chi connectivity index (χ1v) is 9.82. The molecule has 1 aromatic heterocycles. The van der Waals surface area contributed by atoms with E-state index < -0.39 is 0 Å². The highest BCUT2D eigenvalue weighted by Crippen LogP contribution is 2.35. The lowest BCUT2D eigenvalue weighted by molar-refractivity contribution is -0.130. The summed E-state index contributed by atoms with van der Waals surface area (Å²) in [6, 6.07) is -0.0188. The summed E-state index contributed by atoms with van der Waals surface area (Å²) >= 11 is 1.47. The van der Waals surface area contributed by atoms with E-state index in [4.69, 9.17) is 4.74 Å². The van der Waals surface area contributed by atoms with Crippen molar-refractivity contribution in [2.24, 2.45) is 5.92 Å². The molecule has 1 saturated carbocycles. The summed E-state index contributed by atoms with van der Waals surface area (Å²) in [4.78, 5) is 26.3. The number of likely N-dealkylation sites (tertiary alicyclic amines) is 1. The van der Waals surface area contributed by atoms with Crippen molar-refractivity contribution >= 4 is 28.3 Å². The first kappa shape index (κ1) is 18.3. The average Bonchev–Trinajstić information content (AvgIpc) is 3.23. The van der Waals surface area contributed by atoms with Gasteiger partial charge in [0.25, 0.3) is 0 Å². The Morgan fingerprint density at radius 3 is 2.84 bits per heavy atom. The predicted octanol–water partition coefficient (Wildman–Crippen LogP) is 2.41. The Kier molecular flexibility index (Phi) is 6.01. The number of amides is 2. The molecule has 25 heavy (non-hydrogen) atoms. The van der Waals surface area contributed by atoms with E-state index in [0.717, 1.165) is 17.8 Å². The molecule has 0 unspecified atom stereocenters. The van der Waals surface area contributed by atoms with Crippen molar-refractivity contribution in [3.8, 4) is 0 Å². The molecule has 0 aromatic carbocycles. The Labute approximate surface area is 152 Å². The second-order valence-corrected chi connectivity index (χ2v) is 8.03. The number of nitrogens with zero attached hydrogens (tertiary/aromatic N) is 3. The first-order chi connectivity index (χ1) is 12.1. The topological polar surface area (TPSA) is 84.4 Å². The zero-order valence-corrected chi connectivity index (χ0v) is 15.7. The normalized spacial score (nSPS) is 23.0. The van der Waals surface area contributed by atoms with Crippen LogP contribution >= 0.6 is 11.3 Å². The van der Waals surface area contributed by atoms with Crippen molar-refractivity contribution < 1.29 is 14.3 Å². The van der Waals surface area contributed by atoms with E-state index in [9.17, 15) is 9.59 Å². The zero-order valence-electron chi connectivity index (χ0n) is 14.9. The number of hydrogen-bond donors (Lipinski definition) is 1. The molecule has 0 bridgehead atoms. The molecule has 138 valence electrons. The maximum atomic E-state index is 12.5. The van der Waals surface area contributed by atoms with E-state index in [1.165, 1.54) is 30.6 Å². The number of carbonyl (C=O) groups is 2. The van der Waals surface area contributed by atoms with E-state index in [-0.39, 0.29) is 30.2 Å². The fourth-order valence-corrected chi connectivity index (χ4v) is 4.59. The van der Waals surface area contributed by atoms with E-state index in [1.54, 1.807) is 12.0 Å². The second-order valence-electron chi connectivity index (χ2n) is 7.02. The lowest BCUT2D eigenvalue weighted by atomic mass is 9.90. The molecule has 2 aliphatic rings. The van der Waals surface area contributed by atoms with Gasteiger partial charge in [0.15, 0.2) is 0 Å². The van der Waals surface area contributed by atoms with Crippen LogP contribution in [0.4, 0.5) is 5.13 Å². The molecule has 8 heteroatoms. The number of ether oxygens (including phenoxy) is 1. The lowest BCUT2D eigenvalue weighted by Crippen LogP contribution is -2.38. The van der Waals surface area contributed by atoms with Gasteiger partial charge in [0.1, 0.15) is 5.01 Å². The lowest BCUT2D eigenvalue weighted by Gasteiger charge is -2.23. The van der Waals surface area contributed by atoms with Crippen LogP contribution in [0, 0.1) is 5.92 Å². The fraction of sp³-hybridized carbons (Fsp3) is 0.765. The van der Waals surface area contributed by atoms with Gasteiger partial charge < -0.3 is 15.0 Å². The molecular weight excluding hydrogens is 340 g/mol. The molecule has 1 aromatic rings. The van der Waals surface area contributed by atoms with Gasteiger partial charge in [-0.3, -0.25) is 9.59 Å². The highest BCUT2D eigenvalue weighted by Gasteiger charge is 2.37. The molecule has 1 aliphatic heterocycles. The summed E-state index contributed by atoms with van der Waals surface area (Å²) in [6.07, 6.45) is 6.34. The molecule has 2 heterocycles. The third kappa shape index (κ3) is 4.36. The molecule has 3 rings (SSSR count).